The van der Waals surface area contributed by atoms with Gasteiger partial charge in [-0.2, -0.15) is 0 Å². The molecular formula is C14H21ClFN. The van der Waals surface area contributed by atoms with E-state index in [4.69, 9.17) is 11.6 Å². The molecule has 0 spiro atoms. The molecule has 0 aliphatic rings. The summed E-state index contributed by atoms with van der Waals surface area (Å²) in [6.07, 6.45) is 1.11. The smallest absolute Gasteiger partial charge is 0.142 e. The van der Waals surface area contributed by atoms with Crippen molar-refractivity contribution < 1.29 is 4.39 Å². The fourth-order valence-electron chi connectivity index (χ4n) is 2.08. The predicted molar refractivity (Wildman–Crippen MR) is 71.9 cm³/mol. The first-order chi connectivity index (χ1) is 7.90. The van der Waals surface area contributed by atoms with Gasteiger partial charge >= 0.3 is 0 Å². The average Bonchev–Trinajstić information content (AvgIpc) is 2.20. The van der Waals surface area contributed by atoms with Gasteiger partial charge in [-0.05, 0) is 43.9 Å². The van der Waals surface area contributed by atoms with E-state index in [1.54, 1.807) is 6.07 Å². The molecule has 1 aromatic rings. The monoisotopic (exact) mass is 257 g/mol. The molecule has 0 heterocycles. The summed E-state index contributed by atoms with van der Waals surface area (Å²) in [6.45, 7) is 8.60. The second kappa shape index (κ2) is 6.36. The van der Waals surface area contributed by atoms with E-state index in [1.807, 2.05) is 13.0 Å². The van der Waals surface area contributed by atoms with E-state index in [0.29, 0.717) is 12.0 Å². The summed E-state index contributed by atoms with van der Waals surface area (Å²) in [5, 5.41) is 3.64. The maximum Gasteiger partial charge on any atom is 0.142 e. The normalized spacial score (nSPS) is 15.0. The molecule has 0 bridgehead atoms. The lowest BCUT2D eigenvalue weighted by Gasteiger charge is -2.22. The molecule has 2 atom stereocenters. The largest absolute Gasteiger partial charge is 0.308 e. The summed E-state index contributed by atoms with van der Waals surface area (Å²) in [4.78, 5) is 0. The Kier molecular flexibility index (Phi) is 5.41. The fourth-order valence-corrected chi connectivity index (χ4v) is 2.20. The lowest BCUT2D eigenvalue weighted by Crippen LogP contribution is -2.30. The predicted octanol–water partition coefficient (Wildman–Crippen LogP) is 4.56. The minimum Gasteiger partial charge on any atom is -0.308 e. The lowest BCUT2D eigenvalue weighted by molar-refractivity contribution is 0.406. The second-order valence-corrected chi connectivity index (χ2v) is 5.50. The van der Waals surface area contributed by atoms with Gasteiger partial charge in [0.25, 0.3) is 0 Å². The Morgan fingerprint density at radius 3 is 2.41 bits per heavy atom. The number of hydrogen-bond acceptors (Lipinski definition) is 1. The number of halogens is 2. The summed E-state index contributed by atoms with van der Waals surface area (Å²) < 4.78 is 13.3. The molecule has 0 radical (unpaired) electrons. The van der Waals surface area contributed by atoms with Crippen LogP contribution in [0.15, 0.2) is 18.2 Å². The van der Waals surface area contributed by atoms with Gasteiger partial charge in [-0.1, -0.05) is 31.5 Å². The van der Waals surface area contributed by atoms with Crippen LogP contribution in [0.4, 0.5) is 4.39 Å². The Labute approximate surface area is 108 Å². The van der Waals surface area contributed by atoms with Gasteiger partial charge in [-0.25, -0.2) is 4.39 Å². The Bertz CT molecular complexity index is 365. The van der Waals surface area contributed by atoms with Crippen molar-refractivity contribution in [2.75, 3.05) is 0 Å². The number of rotatable bonds is 5. The average molecular weight is 258 g/mol. The minimum atomic E-state index is -0.352. The zero-order chi connectivity index (χ0) is 13.0. The van der Waals surface area contributed by atoms with Crippen LogP contribution in [-0.2, 0) is 0 Å². The second-order valence-electron chi connectivity index (χ2n) is 5.09. The molecule has 1 nitrogen and oxygen atoms in total. The zero-order valence-electron chi connectivity index (χ0n) is 10.9. The van der Waals surface area contributed by atoms with Crippen LogP contribution in [0.1, 0.15) is 45.7 Å². The number of hydrogen-bond donors (Lipinski definition) is 1. The van der Waals surface area contributed by atoms with Crippen molar-refractivity contribution in [1.82, 2.24) is 5.32 Å². The molecule has 17 heavy (non-hydrogen) atoms. The van der Waals surface area contributed by atoms with Gasteiger partial charge < -0.3 is 5.32 Å². The highest BCUT2D eigenvalue weighted by molar-refractivity contribution is 6.30. The van der Waals surface area contributed by atoms with Crippen molar-refractivity contribution >= 4 is 11.6 Å². The third-order valence-electron chi connectivity index (χ3n) is 2.80. The third kappa shape index (κ3) is 4.64. The molecule has 1 aromatic carbocycles. The Hall–Kier alpha value is -0.600. The maximum absolute atomic E-state index is 13.3. The van der Waals surface area contributed by atoms with Gasteiger partial charge in [-0.3, -0.25) is 0 Å². The van der Waals surface area contributed by atoms with Crippen molar-refractivity contribution in [3.63, 3.8) is 0 Å². The first kappa shape index (κ1) is 14.5. The number of nitrogens with one attached hydrogen (secondary N) is 1. The molecule has 0 amide bonds. The van der Waals surface area contributed by atoms with Crippen molar-refractivity contribution in [1.29, 1.82) is 0 Å². The summed E-state index contributed by atoms with van der Waals surface area (Å²) in [7, 11) is 0. The first-order valence-electron chi connectivity index (χ1n) is 6.11. The van der Waals surface area contributed by atoms with Crippen LogP contribution in [-0.4, -0.2) is 6.04 Å². The summed E-state index contributed by atoms with van der Waals surface area (Å²) in [5.74, 6) is 0.306. The van der Waals surface area contributed by atoms with Crippen LogP contribution < -0.4 is 5.32 Å². The molecular weight excluding hydrogens is 237 g/mol. The quantitative estimate of drug-likeness (QED) is 0.815. The van der Waals surface area contributed by atoms with E-state index in [0.717, 1.165) is 12.0 Å². The third-order valence-corrected chi connectivity index (χ3v) is 3.11. The van der Waals surface area contributed by atoms with Crippen LogP contribution in [0, 0.1) is 11.7 Å². The molecule has 96 valence electrons. The van der Waals surface area contributed by atoms with Gasteiger partial charge in [0, 0.05) is 12.1 Å². The van der Waals surface area contributed by atoms with Crippen LogP contribution in [0.5, 0.6) is 0 Å². The topological polar surface area (TPSA) is 12.0 Å². The molecule has 0 aliphatic carbocycles. The highest BCUT2D eigenvalue weighted by Crippen LogP contribution is 2.21. The molecule has 0 fully saturated rings. The van der Waals surface area contributed by atoms with E-state index in [-0.39, 0.29) is 16.9 Å². The zero-order valence-corrected chi connectivity index (χ0v) is 11.7. The molecule has 0 aliphatic heterocycles. The Morgan fingerprint density at radius 2 is 1.88 bits per heavy atom. The van der Waals surface area contributed by atoms with Crippen LogP contribution in [0.2, 0.25) is 5.02 Å². The Morgan fingerprint density at radius 1 is 1.24 bits per heavy atom. The highest BCUT2D eigenvalue weighted by atomic mass is 35.5. The standard InChI is InChI=1S/C14H21ClFN/c1-9(2)7-10(3)17-11(4)12-5-6-13(15)14(16)8-12/h5-6,8-11,17H,7H2,1-4H3. The lowest BCUT2D eigenvalue weighted by atomic mass is 10.0. The maximum atomic E-state index is 13.3. The van der Waals surface area contributed by atoms with Gasteiger partial charge in [0.15, 0.2) is 0 Å². The highest BCUT2D eigenvalue weighted by Gasteiger charge is 2.12. The van der Waals surface area contributed by atoms with E-state index >= 15 is 0 Å². The fraction of sp³-hybridized carbons (Fsp3) is 0.571. The van der Waals surface area contributed by atoms with Gasteiger partial charge in [-0.15, -0.1) is 0 Å². The molecule has 0 saturated heterocycles. The van der Waals surface area contributed by atoms with E-state index in [1.165, 1.54) is 6.07 Å². The Balaban J connectivity index is 2.63. The molecule has 1 N–H and O–H groups in total. The van der Waals surface area contributed by atoms with Crippen molar-refractivity contribution in [2.45, 2.75) is 46.2 Å². The van der Waals surface area contributed by atoms with E-state index in [9.17, 15) is 4.39 Å². The van der Waals surface area contributed by atoms with Crippen LogP contribution in [0.3, 0.4) is 0 Å². The minimum absolute atomic E-state index is 0.135. The van der Waals surface area contributed by atoms with Gasteiger partial charge in [0.05, 0.1) is 5.02 Å². The number of benzene rings is 1. The van der Waals surface area contributed by atoms with E-state index < -0.39 is 0 Å². The van der Waals surface area contributed by atoms with Crippen LogP contribution >= 0.6 is 11.6 Å². The van der Waals surface area contributed by atoms with E-state index in [2.05, 4.69) is 26.1 Å². The first-order valence-corrected chi connectivity index (χ1v) is 6.49. The van der Waals surface area contributed by atoms with Gasteiger partial charge in [0.2, 0.25) is 0 Å². The molecule has 0 aromatic heterocycles. The summed E-state index contributed by atoms with van der Waals surface area (Å²) >= 11 is 5.66. The molecule has 3 heteroatoms. The summed E-state index contributed by atoms with van der Waals surface area (Å²) in [5.41, 5.74) is 0.933. The summed E-state index contributed by atoms with van der Waals surface area (Å²) in [6, 6.07) is 5.53. The molecule has 0 saturated carbocycles. The molecule has 1 rings (SSSR count). The van der Waals surface area contributed by atoms with Crippen molar-refractivity contribution in [3.05, 3.63) is 34.6 Å². The SMILES string of the molecule is CC(C)CC(C)NC(C)c1ccc(Cl)c(F)c1. The molecule has 2 unspecified atom stereocenters. The van der Waals surface area contributed by atoms with Gasteiger partial charge in [0.1, 0.15) is 5.82 Å². The van der Waals surface area contributed by atoms with Crippen molar-refractivity contribution in [3.8, 4) is 0 Å². The van der Waals surface area contributed by atoms with Crippen LogP contribution in [0.25, 0.3) is 0 Å². The van der Waals surface area contributed by atoms with Crippen molar-refractivity contribution in [2.24, 2.45) is 5.92 Å².